The molecule has 1 fully saturated rings. The SMILES string of the molecule is CC(=O)CC(=O)C(CO)C(CCO)CC1CC(=O)c2c(O)ccc(-c3ccc(CN4CCN(C)CC4)o3)c2C1.O.[HH].[HH]. The Kier molecular flexibility index (Phi) is 11.2. The van der Waals surface area contributed by atoms with Crippen molar-refractivity contribution < 1.29 is 42.4 Å². The van der Waals surface area contributed by atoms with Crippen molar-refractivity contribution in [3.05, 3.63) is 41.2 Å². The Bertz CT molecular complexity index is 1200. The maximum absolute atomic E-state index is 13.2. The van der Waals surface area contributed by atoms with E-state index in [4.69, 9.17) is 4.42 Å². The van der Waals surface area contributed by atoms with Crippen LogP contribution in [0, 0.1) is 17.8 Å². The molecule has 1 aliphatic heterocycles. The number of hydrogen-bond acceptors (Lipinski definition) is 9. The third-order valence-corrected chi connectivity index (χ3v) is 8.18. The maximum atomic E-state index is 13.2. The van der Waals surface area contributed by atoms with Crippen LogP contribution in [0.1, 0.15) is 57.1 Å². The number of aromatic hydroxyl groups is 1. The summed E-state index contributed by atoms with van der Waals surface area (Å²) in [4.78, 5) is 42.1. The molecule has 224 valence electrons. The number of piperazine rings is 1. The zero-order chi connectivity index (χ0) is 28.1. The van der Waals surface area contributed by atoms with Crippen molar-refractivity contribution in [2.45, 2.75) is 45.6 Å². The number of rotatable bonds is 12. The number of nitrogens with zero attached hydrogens (tertiary/aromatic N) is 2. The Morgan fingerprint density at radius 2 is 1.82 bits per heavy atom. The highest BCUT2D eigenvalue weighted by atomic mass is 16.3. The minimum atomic E-state index is -0.775. The van der Waals surface area contributed by atoms with Crippen molar-refractivity contribution in [3.63, 3.8) is 0 Å². The van der Waals surface area contributed by atoms with Gasteiger partial charge in [-0.2, -0.15) is 0 Å². The molecule has 3 atom stereocenters. The van der Waals surface area contributed by atoms with Crippen molar-refractivity contribution in [1.29, 1.82) is 0 Å². The number of phenols is 1. The second kappa shape index (κ2) is 14.1. The smallest absolute Gasteiger partial charge is 0.167 e. The van der Waals surface area contributed by atoms with Gasteiger partial charge in [0, 0.05) is 53.5 Å². The summed E-state index contributed by atoms with van der Waals surface area (Å²) in [5.41, 5.74) is 1.79. The van der Waals surface area contributed by atoms with Gasteiger partial charge in [0.15, 0.2) is 5.78 Å². The van der Waals surface area contributed by atoms with E-state index in [-0.39, 0.29) is 69.1 Å². The predicted molar refractivity (Wildman–Crippen MR) is 153 cm³/mol. The summed E-state index contributed by atoms with van der Waals surface area (Å²) in [6.07, 6.45) is 1.14. The van der Waals surface area contributed by atoms with Crippen molar-refractivity contribution in [3.8, 4) is 17.1 Å². The zero-order valence-corrected chi connectivity index (χ0v) is 23.4. The number of likely N-dealkylation sites (N-methyl/N-ethyl adjacent to an activating group) is 1. The van der Waals surface area contributed by atoms with Crippen molar-refractivity contribution >= 4 is 17.3 Å². The van der Waals surface area contributed by atoms with E-state index in [0.29, 0.717) is 30.7 Å². The standard InChI is InChI=1S/C30H40N2O7.H2O.2H2/c1-19(35)13-27(37)25(18-34)21(7-12-33)14-20-15-24-23(4-5-26(36)30(24)28(38)16-20)29-6-3-22(39-29)17-32-10-8-31(2)9-11-32;;;/h3-6,20-21,25,33-34,36H,7-18H2,1-2H3;1H2;2*1H. The van der Waals surface area contributed by atoms with Crippen LogP contribution in [0.25, 0.3) is 11.3 Å². The second-order valence-corrected chi connectivity index (χ2v) is 11.2. The molecule has 10 nitrogen and oxygen atoms in total. The molecule has 0 saturated carbocycles. The molecule has 2 aromatic rings. The van der Waals surface area contributed by atoms with Crippen LogP contribution >= 0.6 is 0 Å². The molecule has 1 saturated heterocycles. The average Bonchev–Trinajstić information content (AvgIpc) is 3.33. The molecule has 40 heavy (non-hydrogen) atoms. The van der Waals surface area contributed by atoms with Crippen LogP contribution in [0.5, 0.6) is 5.75 Å². The van der Waals surface area contributed by atoms with E-state index in [0.717, 1.165) is 43.1 Å². The van der Waals surface area contributed by atoms with Crippen LogP contribution in [0.3, 0.4) is 0 Å². The minimum Gasteiger partial charge on any atom is -0.507 e. The molecule has 2 heterocycles. The van der Waals surface area contributed by atoms with Crippen molar-refractivity contribution in [2.75, 3.05) is 46.4 Å². The van der Waals surface area contributed by atoms with Crippen LogP contribution in [0.2, 0.25) is 0 Å². The Balaban J connectivity index is 0.00000294. The fraction of sp³-hybridized carbons (Fsp3) is 0.567. The minimum absolute atomic E-state index is 0. The van der Waals surface area contributed by atoms with E-state index >= 15 is 0 Å². The van der Waals surface area contributed by atoms with Gasteiger partial charge in [0.25, 0.3) is 0 Å². The van der Waals surface area contributed by atoms with Crippen molar-refractivity contribution in [1.82, 2.24) is 9.80 Å². The molecule has 1 aliphatic carbocycles. The summed E-state index contributed by atoms with van der Waals surface area (Å²) in [7, 11) is 2.12. The molecular weight excluding hydrogens is 516 g/mol. The number of Topliss-reactive ketones (excluding diaryl/α,β-unsaturated/α-hetero) is 3. The number of carbonyl (C=O) groups is 3. The number of fused-ring (bicyclic) bond motifs is 1. The van der Waals surface area contributed by atoms with Gasteiger partial charge in [0.1, 0.15) is 28.8 Å². The molecule has 0 bridgehead atoms. The number of ketones is 3. The molecular formula is C30H46N2O8. The topological polar surface area (TPSA) is 163 Å². The molecule has 0 amide bonds. The van der Waals surface area contributed by atoms with Gasteiger partial charge in [-0.1, -0.05) is 0 Å². The van der Waals surface area contributed by atoms with Gasteiger partial charge < -0.3 is 30.1 Å². The predicted octanol–water partition coefficient (Wildman–Crippen LogP) is 2.36. The van der Waals surface area contributed by atoms with Gasteiger partial charge in [-0.25, -0.2) is 0 Å². The van der Waals surface area contributed by atoms with E-state index in [1.807, 2.05) is 12.1 Å². The molecule has 0 spiro atoms. The largest absolute Gasteiger partial charge is 0.507 e. The molecule has 0 radical (unpaired) electrons. The van der Waals surface area contributed by atoms with Crippen LogP contribution in [-0.4, -0.2) is 94.4 Å². The van der Waals surface area contributed by atoms with E-state index in [1.165, 1.54) is 13.0 Å². The number of aliphatic hydroxyl groups excluding tert-OH is 2. The highest BCUT2D eigenvalue weighted by molar-refractivity contribution is 6.03. The van der Waals surface area contributed by atoms with E-state index in [9.17, 15) is 29.7 Å². The lowest BCUT2D eigenvalue weighted by Gasteiger charge is -2.31. The molecule has 5 N–H and O–H groups in total. The third-order valence-electron chi connectivity index (χ3n) is 8.18. The van der Waals surface area contributed by atoms with Crippen LogP contribution in [-0.2, 0) is 22.6 Å². The molecule has 4 rings (SSSR count). The average molecular weight is 563 g/mol. The first-order valence-electron chi connectivity index (χ1n) is 13.8. The maximum Gasteiger partial charge on any atom is 0.167 e. The van der Waals surface area contributed by atoms with Crippen LogP contribution in [0.4, 0.5) is 0 Å². The number of hydrogen-bond donors (Lipinski definition) is 3. The first-order chi connectivity index (χ1) is 18.7. The third kappa shape index (κ3) is 7.44. The lowest BCUT2D eigenvalue weighted by Crippen LogP contribution is -2.43. The first-order valence-corrected chi connectivity index (χ1v) is 13.8. The van der Waals surface area contributed by atoms with E-state index in [1.54, 1.807) is 6.07 Å². The fourth-order valence-corrected chi connectivity index (χ4v) is 6.08. The van der Waals surface area contributed by atoms with Gasteiger partial charge in [-0.3, -0.25) is 19.3 Å². The first kappa shape index (κ1) is 31.6. The molecule has 10 heteroatoms. The Morgan fingerprint density at radius 1 is 1.10 bits per heavy atom. The van der Waals surface area contributed by atoms with Gasteiger partial charge in [0.05, 0.1) is 25.1 Å². The van der Waals surface area contributed by atoms with Crippen LogP contribution in [0.15, 0.2) is 28.7 Å². The summed E-state index contributed by atoms with van der Waals surface area (Å²) in [6.45, 7) is 5.42. The molecule has 1 aromatic heterocycles. The Morgan fingerprint density at radius 3 is 2.48 bits per heavy atom. The lowest BCUT2D eigenvalue weighted by molar-refractivity contribution is -0.131. The van der Waals surface area contributed by atoms with Crippen molar-refractivity contribution in [2.24, 2.45) is 17.8 Å². The summed E-state index contributed by atoms with van der Waals surface area (Å²) in [5, 5.41) is 30.2. The van der Waals surface area contributed by atoms with Gasteiger partial charge in [-0.15, -0.1) is 0 Å². The number of benzene rings is 1. The van der Waals surface area contributed by atoms with E-state index < -0.39 is 12.5 Å². The number of phenolic OH excluding ortho intramolecular Hbond substituents is 1. The molecule has 1 aromatic carbocycles. The normalized spacial score (nSPS) is 19.5. The second-order valence-electron chi connectivity index (χ2n) is 11.2. The van der Waals surface area contributed by atoms with Gasteiger partial charge in [0.2, 0.25) is 0 Å². The number of carbonyl (C=O) groups excluding carboxylic acids is 3. The summed E-state index contributed by atoms with van der Waals surface area (Å²) >= 11 is 0. The molecule has 2 aliphatic rings. The highest BCUT2D eigenvalue weighted by Crippen LogP contribution is 2.41. The summed E-state index contributed by atoms with van der Waals surface area (Å²) in [6, 6.07) is 7.17. The fourth-order valence-electron chi connectivity index (χ4n) is 6.08. The van der Waals surface area contributed by atoms with E-state index in [2.05, 4.69) is 16.8 Å². The van der Waals surface area contributed by atoms with Crippen LogP contribution < -0.4 is 0 Å². The molecule has 3 unspecified atom stereocenters. The van der Waals surface area contributed by atoms with Gasteiger partial charge >= 0.3 is 0 Å². The number of furan rings is 1. The Labute approximate surface area is 237 Å². The summed E-state index contributed by atoms with van der Waals surface area (Å²) in [5.74, 6) is -0.661. The monoisotopic (exact) mass is 562 g/mol. The quantitative estimate of drug-likeness (QED) is 0.330. The summed E-state index contributed by atoms with van der Waals surface area (Å²) < 4.78 is 6.23. The zero-order valence-electron chi connectivity index (χ0n) is 23.4. The Hall–Kier alpha value is -2.89. The van der Waals surface area contributed by atoms with Gasteiger partial charge in [-0.05, 0) is 74.9 Å². The number of aliphatic hydroxyl groups is 2. The highest BCUT2D eigenvalue weighted by Gasteiger charge is 2.35. The lowest BCUT2D eigenvalue weighted by atomic mass is 9.72.